The molecule has 1 aromatic heterocycles. The number of nitrogens with two attached hydrogens (primary N) is 1. The van der Waals surface area contributed by atoms with E-state index in [1.807, 2.05) is 0 Å². The summed E-state index contributed by atoms with van der Waals surface area (Å²) in [7, 11) is 0. The van der Waals surface area contributed by atoms with Gasteiger partial charge in [-0.2, -0.15) is 0 Å². The first-order valence-electron chi connectivity index (χ1n) is 6.24. The number of likely N-dealkylation sites (N-methyl/N-ethyl adjacent to an activating group) is 1. The van der Waals surface area contributed by atoms with E-state index in [0.717, 1.165) is 13.1 Å². The molecular formula is C13H25N3S. The first-order valence-corrected chi connectivity index (χ1v) is 7.12. The van der Waals surface area contributed by atoms with E-state index in [2.05, 4.69) is 56.4 Å². The molecule has 1 aromatic rings. The Balaban J connectivity index is 3.05. The van der Waals surface area contributed by atoms with Crippen LogP contribution < -0.4 is 11.3 Å². The normalized spacial score (nSPS) is 14.3. The van der Waals surface area contributed by atoms with Crippen LogP contribution in [0.3, 0.4) is 0 Å². The van der Waals surface area contributed by atoms with E-state index < -0.39 is 0 Å². The summed E-state index contributed by atoms with van der Waals surface area (Å²) in [5.41, 5.74) is 4.32. The molecule has 1 rings (SSSR count). The Morgan fingerprint density at radius 3 is 2.35 bits per heavy atom. The highest BCUT2D eigenvalue weighted by atomic mass is 32.1. The molecule has 98 valence electrons. The predicted molar refractivity (Wildman–Crippen MR) is 76.1 cm³/mol. The summed E-state index contributed by atoms with van der Waals surface area (Å²) in [6, 6.07) is 2.34. The summed E-state index contributed by atoms with van der Waals surface area (Å²) >= 11 is 1.78. The number of hydrazine groups is 1. The van der Waals surface area contributed by atoms with Crippen molar-refractivity contribution in [2.75, 3.05) is 13.1 Å². The Kier molecular flexibility index (Phi) is 5.13. The second-order valence-corrected chi connectivity index (χ2v) is 5.98. The van der Waals surface area contributed by atoms with Gasteiger partial charge in [-0.15, -0.1) is 11.3 Å². The van der Waals surface area contributed by atoms with Crippen molar-refractivity contribution in [1.82, 2.24) is 10.3 Å². The zero-order valence-corrected chi connectivity index (χ0v) is 12.4. The van der Waals surface area contributed by atoms with Gasteiger partial charge >= 0.3 is 0 Å². The molecule has 0 amide bonds. The molecule has 0 aliphatic rings. The highest BCUT2D eigenvalue weighted by Crippen LogP contribution is 2.33. The molecule has 0 bridgehead atoms. The van der Waals surface area contributed by atoms with E-state index in [1.165, 1.54) is 10.4 Å². The third kappa shape index (κ3) is 2.88. The van der Waals surface area contributed by atoms with Gasteiger partial charge in [0.25, 0.3) is 0 Å². The average Bonchev–Trinajstić information content (AvgIpc) is 2.67. The first-order chi connectivity index (χ1) is 7.98. The molecule has 0 fully saturated rings. The van der Waals surface area contributed by atoms with Crippen LogP contribution in [0.1, 0.15) is 44.2 Å². The highest BCUT2D eigenvalue weighted by molar-refractivity contribution is 7.10. The van der Waals surface area contributed by atoms with Crippen molar-refractivity contribution in [3.05, 3.63) is 21.9 Å². The highest BCUT2D eigenvalue weighted by Gasteiger charge is 2.35. The van der Waals surface area contributed by atoms with Crippen LogP contribution in [0.2, 0.25) is 0 Å². The SMILES string of the molecule is CCN(CC)C(C)(C)C(NN)c1ccsc1C. The maximum absolute atomic E-state index is 5.79. The third-order valence-corrected chi connectivity index (χ3v) is 4.52. The molecular weight excluding hydrogens is 230 g/mol. The van der Waals surface area contributed by atoms with Crippen molar-refractivity contribution in [2.45, 2.75) is 46.2 Å². The summed E-state index contributed by atoms with van der Waals surface area (Å²) in [6.07, 6.45) is 0. The lowest BCUT2D eigenvalue weighted by atomic mass is 9.87. The van der Waals surface area contributed by atoms with Crippen molar-refractivity contribution in [3.63, 3.8) is 0 Å². The lowest BCUT2D eigenvalue weighted by Gasteiger charge is -2.43. The van der Waals surface area contributed by atoms with Gasteiger partial charge in [0.1, 0.15) is 0 Å². The third-order valence-electron chi connectivity index (χ3n) is 3.66. The van der Waals surface area contributed by atoms with Gasteiger partial charge < -0.3 is 0 Å². The second-order valence-electron chi connectivity index (χ2n) is 4.86. The Morgan fingerprint density at radius 1 is 1.41 bits per heavy atom. The standard InChI is InChI=1S/C13H25N3S/c1-6-16(7-2)13(4,5)12(15-14)11-8-9-17-10(11)3/h8-9,12,15H,6-7,14H2,1-5H3. The van der Waals surface area contributed by atoms with Crippen LogP contribution in [0.15, 0.2) is 11.4 Å². The topological polar surface area (TPSA) is 41.3 Å². The van der Waals surface area contributed by atoms with Gasteiger partial charge in [0.05, 0.1) is 6.04 Å². The van der Waals surface area contributed by atoms with Crippen molar-refractivity contribution in [3.8, 4) is 0 Å². The first kappa shape index (κ1) is 14.6. The number of hydrogen-bond donors (Lipinski definition) is 2. The van der Waals surface area contributed by atoms with Gasteiger partial charge in [0, 0.05) is 10.4 Å². The van der Waals surface area contributed by atoms with Crippen LogP contribution in [0.25, 0.3) is 0 Å². The predicted octanol–water partition coefficient (Wildman–Crippen LogP) is 2.68. The molecule has 4 heteroatoms. The Hall–Kier alpha value is -0.420. The van der Waals surface area contributed by atoms with Crippen molar-refractivity contribution < 1.29 is 0 Å². The van der Waals surface area contributed by atoms with E-state index in [-0.39, 0.29) is 11.6 Å². The van der Waals surface area contributed by atoms with Crippen LogP contribution in [-0.4, -0.2) is 23.5 Å². The minimum Gasteiger partial charge on any atom is -0.297 e. The fraction of sp³-hybridized carbons (Fsp3) is 0.692. The molecule has 17 heavy (non-hydrogen) atoms. The van der Waals surface area contributed by atoms with Crippen molar-refractivity contribution in [2.24, 2.45) is 5.84 Å². The molecule has 0 aliphatic carbocycles. The van der Waals surface area contributed by atoms with E-state index >= 15 is 0 Å². The minimum atomic E-state index is 0.00405. The van der Waals surface area contributed by atoms with Crippen molar-refractivity contribution >= 4 is 11.3 Å². The Labute approximate surface area is 109 Å². The monoisotopic (exact) mass is 255 g/mol. The number of rotatable bonds is 6. The Bertz CT molecular complexity index is 342. The molecule has 0 saturated heterocycles. The molecule has 1 unspecified atom stereocenters. The molecule has 0 radical (unpaired) electrons. The lowest BCUT2D eigenvalue weighted by molar-refractivity contribution is 0.0912. The number of nitrogens with zero attached hydrogens (tertiary/aromatic N) is 1. The van der Waals surface area contributed by atoms with E-state index in [0.29, 0.717) is 0 Å². The fourth-order valence-electron chi connectivity index (χ4n) is 2.59. The Morgan fingerprint density at radius 2 is 2.00 bits per heavy atom. The number of hydrogen-bond acceptors (Lipinski definition) is 4. The molecule has 1 atom stereocenters. The van der Waals surface area contributed by atoms with Gasteiger partial charge in [-0.25, -0.2) is 0 Å². The zero-order valence-electron chi connectivity index (χ0n) is 11.6. The number of thiophene rings is 1. The number of nitrogens with one attached hydrogen (secondary N) is 1. The summed E-state index contributed by atoms with van der Waals surface area (Å²) in [4.78, 5) is 3.78. The summed E-state index contributed by atoms with van der Waals surface area (Å²) in [6.45, 7) is 13.1. The molecule has 0 spiro atoms. The lowest BCUT2D eigenvalue weighted by Crippen LogP contribution is -2.54. The van der Waals surface area contributed by atoms with Crippen molar-refractivity contribution in [1.29, 1.82) is 0 Å². The molecule has 0 aromatic carbocycles. The van der Waals surface area contributed by atoms with E-state index in [9.17, 15) is 0 Å². The zero-order chi connectivity index (χ0) is 13.1. The second kappa shape index (κ2) is 5.96. The van der Waals surface area contributed by atoms with Crippen LogP contribution in [-0.2, 0) is 0 Å². The van der Waals surface area contributed by atoms with Crippen LogP contribution in [0, 0.1) is 6.92 Å². The van der Waals surface area contributed by atoms with Gasteiger partial charge in [0.2, 0.25) is 0 Å². The molecule has 0 saturated carbocycles. The average molecular weight is 255 g/mol. The van der Waals surface area contributed by atoms with Crippen LogP contribution >= 0.6 is 11.3 Å². The number of aryl methyl sites for hydroxylation is 1. The molecule has 0 aliphatic heterocycles. The van der Waals surface area contributed by atoms with E-state index in [4.69, 9.17) is 5.84 Å². The van der Waals surface area contributed by atoms with Gasteiger partial charge in [0.15, 0.2) is 0 Å². The quantitative estimate of drug-likeness (QED) is 0.606. The fourth-order valence-corrected chi connectivity index (χ4v) is 3.33. The largest absolute Gasteiger partial charge is 0.297 e. The smallest absolute Gasteiger partial charge is 0.0649 e. The summed E-state index contributed by atoms with van der Waals surface area (Å²) < 4.78 is 0. The summed E-state index contributed by atoms with van der Waals surface area (Å²) in [5, 5.41) is 2.13. The minimum absolute atomic E-state index is 0.00405. The maximum Gasteiger partial charge on any atom is 0.0649 e. The molecule has 3 nitrogen and oxygen atoms in total. The molecule has 1 heterocycles. The van der Waals surface area contributed by atoms with Crippen LogP contribution in [0.4, 0.5) is 0 Å². The van der Waals surface area contributed by atoms with Crippen LogP contribution in [0.5, 0.6) is 0 Å². The summed E-state index contributed by atoms with van der Waals surface area (Å²) in [5.74, 6) is 5.79. The van der Waals surface area contributed by atoms with Gasteiger partial charge in [-0.1, -0.05) is 13.8 Å². The maximum atomic E-state index is 5.79. The van der Waals surface area contributed by atoms with Gasteiger partial charge in [-0.05, 0) is 50.9 Å². The molecule has 3 N–H and O–H groups in total. The van der Waals surface area contributed by atoms with Gasteiger partial charge in [-0.3, -0.25) is 16.2 Å². The van der Waals surface area contributed by atoms with E-state index in [1.54, 1.807) is 11.3 Å².